The Hall–Kier alpha value is -4.71. The maximum absolute atomic E-state index is 12.9. The number of fused-ring (bicyclic) bond motifs is 4. The first-order chi connectivity index (χ1) is 22.8. The molecule has 2 aromatic carbocycles. The molecule has 3 heterocycles. The summed E-state index contributed by atoms with van der Waals surface area (Å²) in [5, 5.41) is 38.9. The molecule has 49 heavy (non-hydrogen) atoms. The number of halogens is 6. The number of likely N-dealkylation sites (tertiary alicyclic amines) is 1. The number of nitrogens with two attached hydrogens (primary N) is 2. The minimum absolute atomic E-state index is 0.00457. The molecule has 264 valence electrons. The summed E-state index contributed by atoms with van der Waals surface area (Å²) in [6, 6.07) is 9.64. The lowest BCUT2D eigenvalue weighted by Crippen LogP contribution is -2.74. The van der Waals surface area contributed by atoms with Crippen LogP contribution in [0.25, 0.3) is 10.9 Å². The van der Waals surface area contributed by atoms with Gasteiger partial charge in [-0.1, -0.05) is 6.07 Å². The van der Waals surface area contributed by atoms with Crippen molar-refractivity contribution in [1.29, 1.82) is 0 Å². The van der Waals surface area contributed by atoms with Gasteiger partial charge in [-0.2, -0.15) is 26.3 Å². The van der Waals surface area contributed by atoms with Crippen LogP contribution in [-0.4, -0.2) is 85.3 Å². The molecule has 2 bridgehead atoms. The maximum atomic E-state index is 12.9. The summed E-state index contributed by atoms with van der Waals surface area (Å²) in [6.07, 6.45) is -5.90. The first-order valence-corrected chi connectivity index (χ1v) is 15.1. The summed E-state index contributed by atoms with van der Waals surface area (Å²) < 4.78 is 70.1. The van der Waals surface area contributed by atoms with Crippen LogP contribution in [0, 0.1) is 5.92 Å². The Labute approximate surface area is 273 Å². The second kappa shape index (κ2) is 11.4. The van der Waals surface area contributed by atoms with E-state index in [4.69, 9.17) is 36.0 Å². The number of alkyl halides is 6. The highest BCUT2D eigenvalue weighted by molar-refractivity contribution is 5.90. The van der Waals surface area contributed by atoms with Crippen LogP contribution in [0.3, 0.4) is 0 Å². The fourth-order valence-electron chi connectivity index (χ4n) is 7.83. The first-order valence-electron chi connectivity index (χ1n) is 15.1. The molecule has 3 aromatic rings. The third-order valence-electron chi connectivity index (χ3n) is 9.89. The number of rotatable bonds is 3. The summed E-state index contributed by atoms with van der Waals surface area (Å²) in [6.45, 7) is 1.98. The molecule has 8 rings (SSSR count). The van der Waals surface area contributed by atoms with Gasteiger partial charge in [0.25, 0.3) is 0 Å². The number of benzene rings is 2. The Kier molecular flexibility index (Phi) is 7.97. The van der Waals surface area contributed by atoms with Gasteiger partial charge >= 0.3 is 24.3 Å². The molecule has 1 saturated heterocycles. The van der Waals surface area contributed by atoms with Crippen LogP contribution in [-0.2, 0) is 27.8 Å². The van der Waals surface area contributed by atoms with Crippen LogP contribution in [0.15, 0.2) is 35.3 Å². The van der Waals surface area contributed by atoms with Crippen molar-refractivity contribution < 1.29 is 61.1 Å². The standard InChI is InChI=1S/C27H29N5O3.2C2HF3O2/c28-25(29)30-15-4-5-18-16(10-15)17-11-27(34)20-9-14-3-6-19(33)23-21(14)26(27,24(35-23)22(17)31-18)7-8-32(20)12-13-1-2-13;2*3-2(4,5)1(6)7/h3-6,10,13,20,24,31,33-34H,1-2,7-9,11-12H2,(H4,28,29,30);2*(H,6,7)/t20-,24+,26+,27-;;/m1../s1. The smallest absolute Gasteiger partial charge is 0.490 e. The topological polar surface area (TPSA) is 208 Å². The van der Waals surface area contributed by atoms with E-state index in [1.54, 1.807) is 6.07 Å². The number of phenols is 1. The summed E-state index contributed by atoms with van der Waals surface area (Å²) in [5.41, 5.74) is 15.6. The predicted octanol–water partition coefficient (Wildman–Crippen LogP) is 3.74. The molecule has 0 amide bonds. The Morgan fingerprint density at radius 3 is 2.24 bits per heavy atom. The number of aliphatic hydroxyl groups is 1. The third kappa shape index (κ3) is 5.65. The normalized spacial score (nSPS) is 26.2. The zero-order valence-corrected chi connectivity index (χ0v) is 25.4. The molecule has 1 aromatic heterocycles. The summed E-state index contributed by atoms with van der Waals surface area (Å²) in [7, 11) is 0. The Bertz CT molecular complexity index is 1850. The van der Waals surface area contributed by atoms with Crippen molar-refractivity contribution in [3.63, 3.8) is 0 Å². The number of phenolic OH excluding ortho intramolecular Hbond substituents is 1. The molecule has 0 unspecified atom stereocenters. The number of piperidine rings is 1. The van der Waals surface area contributed by atoms with Gasteiger partial charge in [0.1, 0.15) is 0 Å². The maximum Gasteiger partial charge on any atom is 0.490 e. The van der Waals surface area contributed by atoms with E-state index >= 15 is 0 Å². The van der Waals surface area contributed by atoms with E-state index in [9.17, 15) is 36.6 Å². The molecule has 5 aliphatic rings. The largest absolute Gasteiger partial charge is 0.504 e. The van der Waals surface area contributed by atoms with Crippen molar-refractivity contribution in [3.05, 3.63) is 52.7 Å². The van der Waals surface area contributed by atoms with Gasteiger partial charge in [0.05, 0.1) is 22.4 Å². The number of aromatic hydroxyl groups is 1. The lowest BCUT2D eigenvalue weighted by atomic mass is 9.49. The van der Waals surface area contributed by atoms with Crippen LogP contribution in [0.1, 0.15) is 47.8 Å². The zero-order chi connectivity index (χ0) is 35.8. The number of hydrogen-bond acceptors (Lipinski definition) is 7. The van der Waals surface area contributed by atoms with Crippen molar-refractivity contribution in [2.45, 2.75) is 67.6 Å². The summed E-state index contributed by atoms with van der Waals surface area (Å²) in [4.78, 5) is 28.2. The number of H-pyrrole nitrogens is 1. The van der Waals surface area contributed by atoms with Crippen molar-refractivity contribution in [2.75, 3.05) is 13.1 Å². The van der Waals surface area contributed by atoms with E-state index in [1.165, 1.54) is 18.4 Å². The van der Waals surface area contributed by atoms with E-state index < -0.39 is 35.3 Å². The van der Waals surface area contributed by atoms with E-state index in [2.05, 4.69) is 14.9 Å². The van der Waals surface area contributed by atoms with Crippen LogP contribution < -0.4 is 16.2 Å². The second-order valence-electron chi connectivity index (χ2n) is 12.8. The highest BCUT2D eigenvalue weighted by atomic mass is 19.4. The Morgan fingerprint density at radius 2 is 1.67 bits per heavy atom. The average Bonchev–Trinajstić information content (AvgIpc) is 3.64. The molecular formula is C31H31F6N5O7. The van der Waals surface area contributed by atoms with E-state index in [-0.39, 0.29) is 23.9 Å². The zero-order valence-electron chi connectivity index (χ0n) is 25.4. The molecule has 3 aliphatic carbocycles. The summed E-state index contributed by atoms with van der Waals surface area (Å²) >= 11 is 0. The minimum Gasteiger partial charge on any atom is -0.504 e. The molecule has 0 radical (unpaired) electrons. The molecule has 4 atom stereocenters. The number of aliphatic imine (C=N–C) groups is 1. The van der Waals surface area contributed by atoms with Crippen LogP contribution in [0.2, 0.25) is 0 Å². The van der Waals surface area contributed by atoms with Gasteiger partial charge in [-0.25, -0.2) is 14.6 Å². The predicted molar refractivity (Wildman–Crippen MR) is 159 cm³/mol. The minimum atomic E-state index is -5.08. The van der Waals surface area contributed by atoms with Gasteiger partial charge < -0.3 is 41.6 Å². The average molecular weight is 700 g/mol. The summed E-state index contributed by atoms with van der Waals surface area (Å²) in [5.74, 6) is -4.05. The fourth-order valence-corrected chi connectivity index (χ4v) is 7.83. The number of aromatic nitrogens is 1. The SMILES string of the molecule is NC(N)=Nc1ccc2[nH]c3c(c2c1)C[C@@]1(O)[C@H]2Cc4ccc(O)c5c4[C@@]1(CCN2CC1CC1)[C@H]3O5.O=C(O)C(F)(F)F.O=C(O)C(F)(F)F. The number of carboxylic acid groups (broad SMARTS) is 2. The third-order valence-corrected chi connectivity index (χ3v) is 9.89. The highest BCUT2D eigenvalue weighted by Gasteiger charge is 2.72. The highest BCUT2D eigenvalue weighted by Crippen LogP contribution is 2.69. The monoisotopic (exact) mass is 699 g/mol. The van der Waals surface area contributed by atoms with Crippen molar-refractivity contribution in [1.82, 2.24) is 9.88 Å². The number of nitrogens with zero attached hydrogens (tertiary/aromatic N) is 2. The number of carbonyl (C=O) groups is 2. The van der Waals surface area contributed by atoms with Crippen LogP contribution in [0.5, 0.6) is 11.5 Å². The van der Waals surface area contributed by atoms with Crippen LogP contribution >= 0.6 is 0 Å². The van der Waals surface area contributed by atoms with Crippen molar-refractivity contribution in [2.24, 2.45) is 22.4 Å². The number of carboxylic acids is 2. The number of hydrogen-bond donors (Lipinski definition) is 7. The van der Waals surface area contributed by atoms with Crippen molar-refractivity contribution >= 4 is 34.5 Å². The van der Waals surface area contributed by atoms with E-state index in [0.717, 1.165) is 59.6 Å². The Morgan fingerprint density at radius 1 is 1.04 bits per heavy atom. The van der Waals surface area contributed by atoms with Gasteiger partial charge in [-0.15, -0.1) is 0 Å². The quantitative estimate of drug-likeness (QED) is 0.120. The molecule has 1 spiro atoms. The molecule has 2 fully saturated rings. The number of nitrogens with one attached hydrogen (secondary N) is 1. The Balaban J connectivity index is 0.000000253. The second-order valence-corrected chi connectivity index (χ2v) is 12.8. The van der Waals surface area contributed by atoms with Gasteiger partial charge in [0.15, 0.2) is 23.6 Å². The lowest BCUT2D eigenvalue weighted by Gasteiger charge is -2.62. The van der Waals surface area contributed by atoms with Gasteiger partial charge in [0, 0.05) is 35.5 Å². The number of aromatic amines is 1. The molecule has 12 nitrogen and oxygen atoms in total. The lowest BCUT2D eigenvalue weighted by molar-refractivity contribution is -0.193. The van der Waals surface area contributed by atoms with E-state index in [0.29, 0.717) is 17.9 Å². The van der Waals surface area contributed by atoms with Crippen molar-refractivity contribution in [3.8, 4) is 11.5 Å². The number of ether oxygens (including phenoxy) is 1. The molecule has 9 N–H and O–H groups in total. The van der Waals surface area contributed by atoms with Gasteiger partial charge in [-0.05, 0) is 73.5 Å². The molecule has 2 aliphatic heterocycles. The van der Waals surface area contributed by atoms with E-state index in [1.807, 2.05) is 24.3 Å². The van der Waals surface area contributed by atoms with Gasteiger partial charge in [-0.3, -0.25) is 4.90 Å². The van der Waals surface area contributed by atoms with Crippen LogP contribution in [0.4, 0.5) is 32.0 Å². The molecule has 1 saturated carbocycles. The number of guanidine groups is 1. The first kappa shape index (κ1) is 34.2. The number of aliphatic carboxylic acids is 2. The van der Waals surface area contributed by atoms with Gasteiger partial charge in [0.2, 0.25) is 0 Å². The fraction of sp³-hybridized carbons (Fsp3) is 0.452. The molecular weight excluding hydrogens is 668 g/mol. The molecule has 18 heteroatoms.